The molecule has 0 unspecified atom stereocenters. The molecule has 0 radical (unpaired) electrons. The number of hydrogen-bond acceptors (Lipinski definition) is 3. The number of halogens is 3. The topological polar surface area (TPSA) is 43.8 Å². The lowest BCUT2D eigenvalue weighted by molar-refractivity contribution is -0.154. The molecule has 1 aliphatic heterocycles. The van der Waals surface area contributed by atoms with Crippen molar-refractivity contribution in [3.8, 4) is 0 Å². The average molecular weight is 240 g/mol. The van der Waals surface area contributed by atoms with Gasteiger partial charge in [0.15, 0.2) is 0 Å². The minimum absolute atomic E-state index is 0.110. The Morgan fingerprint density at radius 3 is 2.50 bits per heavy atom. The summed E-state index contributed by atoms with van der Waals surface area (Å²) >= 11 is 0. The van der Waals surface area contributed by atoms with Crippen molar-refractivity contribution in [1.82, 2.24) is 9.80 Å². The van der Waals surface area contributed by atoms with E-state index in [1.54, 1.807) is 11.8 Å². The maximum absolute atomic E-state index is 12.1. The SMILES string of the molecule is C[C@H]1CN(CC(F)(F)F)CCN1CC(=O)O. The molecule has 94 valence electrons. The Labute approximate surface area is 91.6 Å². The van der Waals surface area contributed by atoms with E-state index >= 15 is 0 Å². The average Bonchev–Trinajstić information content (AvgIpc) is 2.06. The maximum atomic E-state index is 12.1. The molecule has 0 bridgehead atoms. The molecule has 1 N–H and O–H groups in total. The number of alkyl halides is 3. The zero-order valence-electron chi connectivity index (χ0n) is 9.00. The van der Waals surface area contributed by atoms with Gasteiger partial charge in [-0.1, -0.05) is 0 Å². The maximum Gasteiger partial charge on any atom is 0.401 e. The van der Waals surface area contributed by atoms with Crippen LogP contribution in [0.2, 0.25) is 0 Å². The second-order valence-corrected chi connectivity index (χ2v) is 4.06. The van der Waals surface area contributed by atoms with Gasteiger partial charge in [0.1, 0.15) is 0 Å². The summed E-state index contributed by atoms with van der Waals surface area (Å²) in [7, 11) is 0. The van der Waals surface area contributed by atoms with E-state index in [0.29, 0.717) is 6.54 Å². The summed E-state index contributed by atoms with van der Waals surface area (Å²) in [6, 6.07) is -0.160. The van der Waals surface area contributed by atoms with Gasteiger partial charge in [0.2, 0.25) is 0 Å². The minimum atomic E-state index is -4.19. The van der Waals surface area contributed by atoms with Crippen LogP contribution in [0.25, 0.3) is 0 Å². The second kappa shape index (κ2) is 5.01. The Kier molecular flexibility index (Phi) is 4.15. The molecule has 0 saturated carbocycles. The molecule has 1 atom stereocenters. The highest BCUT2D eigenvalue weighted by Crippen LogP contribution is 2.19. The Morgan fingerprint density at radius 2 is 2.06 bits per heavy atom. The molecule has 1 aliphatic rings. The molecule has 0 aromatic rings. The van der Waals surface area contributed by atoms with Gasteiger partial charge in [0, 0.05) is 25.7 Å². The largest absolute Gasteiger partial charge is 0.480 e. The van der Waals surface area contributed by atoms with E-state index in [1.807, 2.05) is 0 Å². The highest BCUT2D eigenvalue weighted by Gasteiger charge is 2.34. The Hall–Kier alpha value is -0.820. The monoisotopic (exact) mass is 240 g/mol. The fourth-order valence-electron chi connectivity index (χ4n) is 1.88. The molecular weight excluding hydrogens is 225 g/mol. The molecule has 1 saturated heterocycles. The molecule has 0 aliphatic carbocycles. The van der Waals surface area contributed by atoms with Crippen molar-refractivity contribution in [2.75, 3.05) is 32.7 Å². The zero-order valence-corrected chi connectivity index (χ0v) is 9.00. The van der Waals surface area contributed by atoms with Gasteiger partial charge in [-0.2, -0.15) is 13.2 Å². The normalized spacial score (nSPS) is 24.6. The molecule has 16 heavy (non-hydrogen) atoms. The predicted octanol–water partition coefficient (Wildman–Crippen LogP) is 0.639. The van der Waals surface area contributed by atoms with Crippen LogP contribution in [0.15, 0.2) is 0 Å². The van der Waals surface area contributed by atoms with Crippen molar-refractivity contribution in [3.05, 3.63) is 0 Å². The number of carboxylic acids is 1. The number of rotatable bonds is 3. The molecule has 1 rings (SSSR count). The molecular formula is C9H15F3N2O2. The first kappa shape index (κ1) is 13.2. The van der Waals surface area contributed by atoms with Crippen LogP contribution in [0.4, 0.5) is 13.2 Å². The van der Waals surface area contributed by atoms with Crippen LogP contribution in [-0.2, 0) is 4.79 Å². The third-order valence-corrected chi connectivity index (χ3v) is 2.59. The van der Waals surface area contributed by atoms with Crippen LogP contribution in [0.1, 0.15) is 6.92 Å². The van der Waals surface area contributed by atoms with Gasteiger partial charge in [0.25, 0.3) is 0 Å². The fraction of sp³-hybridized carbons (Fsp3) is 0.889. The third kappa shape index (κ3) is 4.36. The third-order valence-electron chi connectivity index (χ3n) is 2.59. The van der Waals surface area contributed by atoms with Crippen molar-refractivity contribution in [1.29, 1.82) is 0 Å². The van der Waals surface area contributed by atoms with E-state index in [2.05, 4.69) is 0 Å². The first-order valence-corrected chi connectivity index (χ1v) is 5.03. The summed E-state index contributed by atoms with van der Waals surface area (Å²) < 4.78 is 36.4. The Bertz CT molecular complexity index is 258. The zero-order chi connectivity index (χ0) is 12.3. The van der Waals surface area contributed by atoms with E-state index in [9.17, 15) is 18.0 Å². The van der Waals surface area contributed by atoms with Crippen molar-refractivity contribution >= 4 is 5.97 Å². The lowest BCUT2D eigenvalue weighted by Crippen LogP contribution is -2.54. The minimum Gasteiger partial charge on any atom is -0.480 e. The summed E-state index contributed by atoms with van der Waals surface area (Å²) in [6.07, 6.45) is -4.19. The highest BCUT2D eigenvalue weighted by molar-refractivity contribution is 5.69. The molecule has 1 fully saturated rings. The number of carbonyl (C=O) groups is 1. The van der Waals surface area contributed by atoms with Crippen molar-refractivity contribution < 1.29 is 23.1 Å². The van der Waals surface area contributed by atoms with E-state index < -0.39 is 18.7 Å². The molecule has 0 spiro atoms. The predicted molar refractivity (Wildman–Crippen MR) is 51.2 cm³/mol. The number of piperazine rings is 1. The van der Waals surface area contributed by atoms with Crippen LogP contribution in [0.5, 0.6) is 0 Å². The molecule has 0 amide bonds. The number of carboxylic acid groups (broad SMARTS) is 1. The van der Waals surface area contributed by atoms with Crippen molar-refractivity contribution in [2.24, 2.45) is 0 Å². The van der Waals surface area contributed by atoms with E-state index in [1.165, 1.54) is 4.90 Å². The molecule has 0 aromatic heterocycles. The lowest BCUT2D eigenvalue weighted by Gasteiger charge is -2.39. The molecule has 0 aromatic carbocycles. The standard InChI is InChI=1S/C9H15F3N2O2/c1-7-4-13(6-9(10,11)12)2-3-14(7)5-8(15)16/h7H,2-6H2,1H3,(H,15,16)/t7-/m0/s1. The number of hydrogen-bond donors (Lipinski definition) is 1. The van der Waals surface area contributed by atoms with Gasteiger partial charge in [0.05, 0.1) is 13.1 Å². The first-order valence-electron chi connectivity index (χ1n) is 5.03. The quantitative estimate of drug-likeness (QED) is 0.786. The molecule has 7 heteroatoms. The number of nitrogens with zero attached hydrogens (tertiary/aromatic N) is 2. The molecule has 4 nitrogen and oxygen atoms in total. The smallest absolute Gasteiger partial charge is 0.401 e. The van der Waals surface area contributed by atoms with Crippen LogP contribution < -0.4 is 0 Å². The summed E-state index contributed by atoms with van der Waals surface area (Å²) in [4.78, 5) is 13.5. The van der Waals surface area contributed by atoms with Gasteiger partial charge >= 0.3 is 12.1 Å². The second-order valence-electron chi connectivity index (χ2n) is 4.06. The van der Waals surface area contributed by atoms with Crippen LogP contribution in [0, 0.1) is 0 Å². The summed E-state index contributed by atoms with van der Waals surface area (Å²) in [5.41, 5.74) is 0. The van der Waals surface area contributed by atoms with Gasteiger partial charge in [-0.15, -0.1) is 0 Å². The van der Waals surface area contributed by atoms with Crippen molar-refractivity contribution in [3.63, 3.8) is 0 Å². The lowest BCUT2D eigenvalue weighted by atomic mass is 10.2. The van der Waals surface area contributed by atoms with Crippen LogP contribution >= 0.6 is 0 Å². The van der Waals surface area contributed by atoms with Crippen LogP contribution in [-0.4, -0.2) is 65.8 Å². The summed E-state index contributed by atoms with van der Waals surface area (Å²) in [6.45, 7) is 1.60. The van der Waals surface area contributed by atoms with Crippen LogP contribution in [0.3, 0.4) is 0 Å². The number of aliphatic carboxylic acids is 1. The van der Waals surface area contributed by atoms with Gasteiger partial charge in [-0.25, -0.2) is 0 Å². The highest BCUT2D eigenvalue weighted by atomic mass is 19.4. The van der Waals surface area contributed by atoms with Crippen molar-refractivity contribution in [2.45, 2.75) is 19.1 Å². The molecule has 1 heterocycles. The van der Waals surface area contributed by atoms with E-state index in [0.717, 1.165) is 0 Å². The summed E-state index contributed by atoms with van der Waals surface area (Å²) in [5, 5.41) is 8.60. The van der Waals surface area contributed by atoms with Gasteiger partial charge < -0.3 is 5.11 Å². The van der Waals surface area contributed by atoms with Gasteiger partial charge in [-0.05, 0) is 6.92 Å². The Morgan fingerprint density at radius 1 is 1.44 bits per heavy atom. The Balaban J connectivity index is 2.42. The first-order chi connectivity index (χ1) is 7.28. The fourth-order valence-corrected chi connectivity index (χ4v) is 1.88. The van der Waals surface area contributed by atoms with Gasteiger partial charge in [-0.3, -0.25) is 14.6 Å². The van der Waals surface area contributed by atoms with E-state index in [-0.39, 0.29) is 25.7 Å². The summed E-state index contributed by atoms with van der Waals surface area (Å²) in [5.74, 6) is -0.948. The van der Waals surface area contributed by atoms with E-state index in [4.69, 9.17) is 5.11 Å².